The van der Waals surface area contributed by atoms with Gasteiger partial charge in [0.15, 0.2) is 0 Å². The Morgan fingerprint density at radius 2 is 2.23 bits per heavy atom. The molecule has 1 saturated carbocycles. The molecule has 7 nitrogen and oxygen atoms in total. The van der Waals surface area contributed by atoms with Gasteiger partial charge in [-0.25, -0.2) is 4.98 Å². The van der Waals surface area contributed by atoms with Gasteiger partial charge in [0.05, 0.1) is 22.3 Å². The van der Waals surface area contributed by atoms with Crippen LogP contribution in [0.1, 0.15) is 53.1 Å². The third kappa shape index (κ3) is 3.34. The molecule has 1 N–H and O–H groups in total. The standard InChI is InChI=1S/C19H23N5O2/c1-11(10-24-7-6-12(2)22-24)9-20-18(25)15-8-16(14-4-5-14)21-19-17(15)13(3)23-26-19/h6-8,11,14H,4-5,9-10H2,1-3H3,(H,20,25). The van der Waals surface area contributed by atoms with Gasteiger partial charge in [0.25, 0.3) is 11.6 Å². The fourth-order valence-electron chi connectivity index (χ4n) is 3.19. The molecule has 0 radical (unpaired) electrons. The first kappa shape index (κ1) is 16.8. The van der Waals surface area contributed by atoms with Gasteiger partial charge < -0.3 is 9.84 Å². The van der Waals surface area contributed by atoms with Crippen LogP contribution in [0.5, 0.6) is 0 Å². The van der Waals surface area contributed by atoms with E-state index in [0.717, 1.165) is 30.8 Å². The zero-order chi connectivity index (χ0) is 18.3. The summed E-state index contributed by atoms with van der Waals surface area (Å²) in [6, 6.07) is 3.88. The molecule has 0 spiro atoms. The van der Waals surface area contributed by atoms with Crippen molar-refractivity contribution >= 4 is 17.0 Å². The number of rotatable bonds is 6. The Bertz CT molecular complexity index is 954. The molecule has 0 aliphatic heterocycles. The number of carbonyl (C=O) groups excluding carboxylic acids is 1. The fraction of sp³-hybridized carbons (Fsp3) is 0.474. The molecule has 0 aromatic carbocycles. The van der Waals surface area contributed by atoms with E-state index in [9.17, 15) is 4.79 Å². The van der Waals surface area contributed by atoms with Crippen molar-refractivity contribution in [1.29, 1.82) is 0 Å². The molecule has 136 valence electrons. The van der Waals surface area contributed by atoms with Crippen LogP contribution in [0.25, 0.3) is 11.1 Å². The zero-order valence-electron chi connectivity index (χ0n) is 15.3. The Hall–Kier alpha value is -2.70. The average Bonchev–Trinajstić information content (AvgIpc) is 3.30. The molecule has 3 aromatic heterocycles. The Morgan fingerprint density at radius 1 is 1.42 bits per heavy atom. The lowest BCUT2D eigenvalue weighted by Crippen LogP contribution is -2.30. The number of aromatic nitrogens is 4. The highest BCUT2D eigenvalue weighted by Gasteiger charge is 2.28. The second-order valence-electron chi connectivity index (χ2n) is 7.31. The van der Waals surface area contributed by atoms with Crippen molar-refractivity contribution in [2.24, 2.45) is 5.92 Å². The summed E-state index contributed by atoms with van der Waals surface area (Å²) >= 11 is 0. The minimum absolute atomic E-state index is 0.103. The van der Waals surface area contributed by atoms with E-state index in [1.165, 1.54) is 0 Å². The molecule has 3 heterocycles. The molecule has 1 atom stereocenters. The van der Waals surface area contributed by atoms with Crippen LogP contribution in [0.3, 0.4) is 0 Å². The van der Waals surface area contributed by atoms with E-state index in [1.54, 1.807) is 0 Å². The number of aryl methyl sites for hydroxylation is 2. The summed E-state index contributed by atoms with van der Waals surface area (Å²) in [6.07, 6.45) is 4.20. The van der Waals surface area contributed by atoms with Gasteiger partial charge in [0.2, 0.25) is 0 Å². The van der Waals surface area contributed by atoms with Crippen molar-refractivity contribution < 1.29 is 9.32 Å². The van der Waals surface area contributed by atoms with Crippen LogP contribution >= 0.6 is 0 Å². The summed E-state index contributed by atoms with van der Waals surface area (Å²) in [4.78, 5) is 17.4. The van der Waals surface area contributed by atoms with Crippen molar-refractivity contribution in [3.05, 3.63) is 41.0 Å². The van der Waals surface area contributed by atoms with Gasteiger partial charge in [0.1, 0.15) is 0 Å². The second-order valence-corrected chi connectivity index (χ2v) is 7.31. The van der Waals surface area contributed by atoms with Crippen LogP contribution in [0.4, 0.5) is 0 Å². The quantitative estimate of drug-likeness (QED) is 0.736. The van der Waals surface area contributed by atoms with Gasteiger partial charge in [-0.15, -0.1) is 0 Å². The number of nitrogens with zero attached hydrogens (tertiary/aromatic N) is 4. The minimum Gasteiger partial charge on any atom is -0.352 e. The van der Waals surface area contributed by atoms with Crippen molar-refractivity contribution in [2.45, 2.75) is 46.1 Å². The summed E-state index contributed by atoms with van der Waals surface area (Å²) in [7, 11) is 0. The van der Waals surface area contributed by atoms with Crippen LogP contribution in [0.15, 0.2) is 22.9 Å². The Morgan fingerprint density at radius 3 is 2.92 bits per heavy atom. The monoisotopic (exact) mass is 353 g/mol. The summed E-state index contributed by atoms with van der Waals surface area (Å²) in [6.45, 7) is 7.24. The first-order valence-electron chi connectivity index (χ1n) is 9.06. The molecule has 26 heavy (non-hydrogen) atoms. The molecule has 1 aliphatic carbocycles. The normalized spacial score (nSPS) is 15.3. The van der Waals surface area contributed by atoms with E-state index < -0.39 is 0 Å². The van der Waals surface area contributed by atoms with Gasteiger partial charge in [-0.1, -0.05) is 12.1 Å². The summed E-state index contributed by atoms with van der Waals surface area (Å²) < 4.78 is 7.22. The molecule has 0 bridgehead atoms. The number of hydrogen-bond donors (Lipinski definition) is 1. The third-order valence-corrected chi connectivity index (χ3v) is 4.76. The van der Waals surface area contributed by atoms with Crippen molar-refractivity contribution in [2.75, 3.05) is 6.54 Å². The summed E-state index contributed by atoms with van der Waals surface area (Å²) in [5, 5.41) is 12.1. The number of fused-ring (bicyclic) bond motifs is 1. The van der Waals surface area contributed by atoms with Crippen LogP contribution < -0.4 is 5.32 Å². The van der Waals surface area contributed by atoms with Crippen molar-refractivity contribution in [3.63, 3.8) is 0 Å². The topological polar surface area (TPSA) is 85.8 Å². The third-order valence-electron chi connectivity index (χ3n) is 4.76. The maximum Gasteiger partial charge on any atom is 0.259 e. The highest BCUT2D eigenvalue weighted by molar-refractivity contribution is 6.06. The van der Waals surface area contributed by atoms with Gasteiger partial charge in [-0.2, -0.15) is 5.10 Å². The second kappa shape index (κ2) is 6.55. The highest BCUT2D eigenvalue weighted by Crippen LogP contribution is 2.40. The maximum absolute atomic E-state index is 12.8. The van der Waals surface area contributed by atoms with E-state index >= 15 is 0 Å². The predicted octanol–water partition coefficient (Wildman–Crippen LogP) is 2.98. The van der Waals surface area contributed by atoms with Crippen LogP contribution in [-0.2, 0) is 6.54 Å². The van der Waals surface area contributed by atoms with Gasteiger partial charge in [-0.3, -0.25) is 9.48 Å². The van der Waals surface area contributed by atoms with E-state index in [0.29, 0.717) is 34.8 Å². The SMILES string of the molecule is Cc1ccn(CC(C)CNC(=O)c2cc(C3CC3)nc3onc(C)c23)n1. The van der Waals surface area contributed by atoms with E-state index in [1.807, 2.05) is 36.9 Å². The van der Waals surface area contributed by atoms with E-state index in [-0.39, 0.29) is 11.8 Å². The van der Waals surface area contributed by atoms with Crippen molar-refractivity contribution in [1.82, 2.24) is 25.2 Å². The first-order chi connectivity index (χ1) is 12.5. The number of nitrogens with one attached hydrogen (secondary N) is 1. The summed E-state index contributed by atoms with van der Waals surface area (Å²) in [5.74, 6) is 0.606. The largest absolute Gasteiger partial charge is 0.352 e. The molecule has 1 amide bonds. The van der Waals surface area contributed by atoms with E-state index in [4.69, 9.17) is 4.52 Å². The van der Waals surface area contributed by atoms with Gasteiger partial charge in [-0.05, 0) is 44.7 Å². The molecule has 1 fully saturated rings. The van der Waals surface area contributed by atoms with Gasteiger partial charge in [0, 0.05) is 30.9 Å². The highest BCUT2D eigenvalue weighted by atomic mass is 16.5. The molecule has 4 rings (SSSR count). The molecule has 7 heteroatoms. The Balaban J connectivity index is 1.49. The molecular weight excluding hydrogens is 330 g/mol. The average molecular weight is 353 g/mol. The summed E-state index contributed by atoms with van der Waals surface area (Å²) in [5.41, 5.74) is 3.68. The van der Waals surface area contributed by atoms with Crippen LogP contribution in [0, 0.1) is 19.8 Å². The van der Waals surface area contributed by atoms with E-state index in [2.05, 4.69) is 27.5 Å². The predicted molar refractivity (Wildman–Crippen MR) is 97.0 cm³/mol. The lowest BCUT2D eigenvalue weighted by Gasteiger charge is -2.13. The number of hydrogen-bond acceptors (Lipinski definition) is 5. The fourth-order valence-corrected chi connectivity index (χ4v) is 3.19. The maximum atomic E-state index is 12.8. The van der Waals surface area contributed by atoms with Crippen LogP contribution in [-0.4, -0.2) is 32.4 Å². The molecular formula is C19H23N5O2. The van der Waals surface area contributed by atoms with Crippen molar-refractivity contribution in [3.8, 4) is 0 Å². The molecule has 1 unspecified atom stereocenters. The Kier molecular flexibility index (Phi) is 4.22. The molecule has 3 aromatic rings. The minimum atomic E-state index is -0.103. The zero-order valence-corrected chi connectivity index (χ0v) is 15.3. The first-order valence-corrected chi connectivity index (χ1v) is 9.06. The van der Waals surface area contributed by atoms with Gasteiger partial charge >= 0.3 is 0 Å². The molecule has 1 aliphatic rings. The number of amides is 1. The van der Waals surface area contributed by atoms with Crippen LogP contribution in [0.2, 0.25) is 0 Å². The lowest BCUT2D eigenvalue weighted by atomic mass is 10.1. The number of carbonyl (C=O) groups is 1. The Labute approximate surface area is 151 Å². The lowest BCUT2D eigenvalue weighted by molar-refractivity contribution is 0.0948. The molecule has 0 saturated heterocycles. The number of pyridine rings is 1. The smallest absolute Gasteiger partial charge is 0.259 e.